The Balaban J connectivity index is 1.53. The number of rotatable bonds is 5. The number of hydrogen-bond donors (Lipinski definition) is 2. The number of para-hydroxylation sites is 1. The van der Waals surface area contributed by atoms with Gasteiger partial charge >= 0.3 is 0 Å². The van der Waals surface area contributed by atoms with E-state index in [1.165, 1.54) is 4.80 Å². The number of carbonyl (C=O) groups excluding carboxylic acids is 1. The molecule has 1 aromatic carbocycles. The second-order valence-corrected chi connectivity index (χ2v) is 7.34. The quantitative estimate of drug-likeness (QED) is 0.709. The molecule has 28 heavy (non-hydrogen) atoms. The third-order valence-corrected chi connectivity index (χ3v) is 5.24. The molecule has 1 saturated carbocycles. The third kappa shape index (κ3) is 3.58. The minimum absolute atomic E-state index is 0.0262. The molecule has 3 aromatic rings. The summed E-state index contributed by atoms with van der Waals surface area (Å²) in [5.41, 5.74) is 1.78. The SMILES string of the molecule is Cc1cnc(N[C@]2(C)CCC[C@H]2NC(=O)c2ccccc2-n2nccn2)cn1. The molecule has 2 atom stereocenters. The zero-order chi connectivity index (χ0) is 19.6. The maximum absolute atomic E-state index is 13.1. The van der Waals surface area contributed by atoms with Crippen LogP contribution in [0.25, 0.3) is 5.69 Å². The van der Waals surface area contributed by atoms with Crippen molar-refractivity contribution in [3.63, 3.8) is 0 Å². The van der Waals surface area contributed by atoms with E-state index in [2.05, 4.69) is 37.7 Å². The zero-order valence-corrected chi connectivity index (χ0v) is 16.0. The summed E-state index contributed by atoms with van der Waals surface area (Å²) in [5, 5.41) is 15.0. The number of amides is 1. The van der Waals surface area contributed by atoms with E-state index in [0.29, 0.717) is 11.3 Å². The van der Waals surface area contributed by atoms with E-state index in [1.54, 1.807) is 30.9 Å². The lowest BCUT2D eigenvalue weighted by Crippen LogP contribution is -2.52. The maximum Gasteiger partial charge on any atom is 0.253 e. The Morgan fingerprint density at radius 3 is 2.71 bits per heavy atom. The fourth-order valence-electron chi connectivity index (χ4n) is 3.71. The molecule has 0 unspecified atom stereocenters. The maximum atomic E-state index is 13.1. The standard InChI is InChI=1S/C20H23N7O/c1-14-12-22-18(13-21-14)26-20(2)9-5-8-17(20)25-19(28)15-6-3-4-7-16(15)27-23-10-11-24-27/h3-4,6-7,10-13,17H,5,8-9H2,1-2H3,(H,22,26)(H,25,28)/t17-,20-/m1/s1. The van der Waals surface area contributed by atoms with Gasteiger partial charge in [-0.3, -0.25) is 9.78 Å². The van der Waals surface area contributed by atoms with Gasteiger partial charge < -0.3 is 10.6 Å². The minimum Gasteiger partial charge on any atom is -0.362 e. The number of carbonyl (C=O) groups is 1. The smallest absolute Gasteiger partial charge is 0.253 e. The third-order valence-electron chi connectivity index (χ3n) is 5.24. The van der Waals surface area contributed by atoms with E-state index >= 15 is 0 Å². The molecular weight excluding hydrogens is 354 g/mol. The van der Waals surface area contributed by atoms with Crippen molar-refractivity contribution in [3.8, 4) is 5.69 Å². The number of aromatic nitrogens is 5. The largest absolute Gasteiger partial charge is 0.362 e. The summed E-state index contributed by atoms with van der Waals surface area (Å²) in [6.07, 6.45) is 9.52. The molecule has 1 aliphatic carbocycles. The number of nitrogens with one attached hydrogen (secondary N) is 2. The predicted octanol–water partition coefficient (Wildman–Crippen LogP) is 2.52. The fraction of sp³-hybridized carbons (Fsp3) is 0.350. The Labute approximate surface area is 163 Å². The second-order valence-electron chi connectivity index (χ2n) is 7.34. The molecule has 144 valence electrons. The Morgan fingerprint density at radius 1 is 1.18 bits per heavy atom. The van der Waals surface area contributed by atoms with Crippen LogP contribution in [-0.2, 0) is 0 Å². The molecular formula is C20H23N7O. The number of benzene rings is 1. The van der Waals surface area contributed by atoms with E-state index < -0.39 is 0 Å². The van der Waals surface area contributed by atoms with E-state index in [1.807, 2.05) is 25.1 Å². The van der Waals surface area contributed by atoms with Gasteiger partial charge in [0.2, 0.25) is 0 Å². The number of nitrogens with zero attached hydrogens (tertiary/aromatic N) is 5. The van der Waals surface area contributed by atoms with Crippen LogP contribution in [0.3, 0.4) is 0 Å². The average molecular weight is 377 g/mol. The summed E-state index contributed by atoms with van der Waals surface area (Å²) in [6.45, 7) is 4.02. The van der Waals surface area contributed by atoms with Gasteiger partial charge in [-0.05, 0) is 45.2 Å². The molecule has 8 nitrogen and oxygen atoms in total. The normalized spacial score (nSPS) is 21.4. The molecule has 0 aliphatic heterocycles. The molecule has 2 aromatic heterocycles. The summed E-state index contributed by atoms with van der Waals surface area (Å²) in [7, 11) is 0. The van der Waals surface area contributed by atoms with Crippen LogP contribution in [0.15, 0.2) is 49.1 Å². The fourth-order valence-corrected chi connectivity index (χ4v) is 3.71. The molecule has 0 spiro atoms. The van der Waals surface area contributed by atoms with Gasteiger partial charge in [-0.15, -0.1) is 0 Å². The first-order valence-corrected chi connectivity index (χ1v) is 9.38. The number of aryl methyl sites for hydroxylation is 1. The van der Waals surface area contributed by atoms with Crippen LogP contribution in [-0.4, -0.2) is 42.4 Å². The molecule has 2 N–H and O–H groups in total. The molecule has 0 saturated heterocycles. The highest BCUT2D eigenvalue weighted by molar-refractivity contribution is 5.98. The molecule has 4 rings (SSSR count). The van der Waals surface area contributed by atoms with Crippen molar-refractivity contribution in [2.24, 2.45) is 0 Å². The first-order chi connectivity index (χ1) is 13.5. The lowest BCUT2D eigenvalue weighted by atomic mass is 9.95. The predicted molar refractivity (Wildman–Crippen MR) is 105 cm³/mol. The van der Waals surface area contributed by atoms with Gasteiger partial charge in [0, 0.05) is 0 Å². The van der Waals surface area contributed by atoms with E-state index in [0.717, 1.165) is 30.8 Å². The Bertz CT molecular complexity index is 955. The van der Waals surface area contributed by atoms with Crippen molar-refractivity contribution in [1.82, 2.24) is 30.3 Å². The van der Waals surface area contributed by atoms with Crippen molar-refractivity contribution in [1.29, 1.82) is 0 Å². The summed E-state index contributed by atoms with van der Waals surface area (Å²) in [6, 6.07) is 7.31. The van der Waals surface area contributed by atoms with Gasteiger partial charge in [0.05, 0.1) is 53.3 Å². The van der Waals surface area contributed by atoms with Crippen molar-refractivity contribution >= 4 is 11.7 Å². The van der Waals surface area contributed by atoms with Crippen molar-refractivity contribution in [2.75, 3.05) is 5.32 Å². The van der Waals surface area contributed by atoms with Crippen LogP contribution in [0.4, 0.5) is 5.82 Å². The van der Waals surface area contributed by atoms with Crippen molar-refractivity contribution in [2.45, 2.75) is 44.7 Å². The van der Waals surface area contributed by atoms with Gasteiger partial charge in [-0.2, -0.15) is 15.0 Å². The molecule has 2 heterocycles. The first-order valence-electron chi connectivity index (χ1n) is 9.38. The molecule has 8 heteroatoms. The van der Waals surface area contributed by atoms with Crippen LogP contribution in [0.2, 0.25) is 0 Å². The Kier molecular flexibility index (Phi) is 4.77. The highest BCUT2D eigenvalue weighted by Gasteiger charge is 2.40. The summed E-state index contributed by atoms with van der Waals surface area (Å²) in [5.74, 6) is 0.582. The highest BCUT2D eigenvalue weighted by Crippen LogP contribution is 2.33. The van der Waals surface area contributed by atoms with Gasteiger partial charge in [-0.1, -0.05) is 12.1 Å². The van der Waals surface area contributed by atoms with Gasteiger partial charge in [0.1, 0.15) is 5.82 Å². The number of anilines is 1. The average Bonchev–Trinajstić information content (AvgIpc) is 3.34. The number of hydrogen-bond acceptors (Lipinski definition) is 6. The summed E-state index contributed by atoms with van der Waals surface area (Å²) in [4.78, 5) is 23.2. The van der Waals surface area contributed by atoms with E-state index in [4.69, 9.17) is 0 Å². The second kappa shape index (κ2) is 7.38. The topological polar surface area (TPSA) is 97.6 Å². The monoisotopic (exact) mass is 377 g/mol. The Morgan fingerprint density at radius 2 is 1.96 bits per heavy atom. The molecule has 1 aliphatic rings. The van der Waals surface area contributed by atoms with Crippen molar-refractivity contribution < 1.29 is 4.79 Å². The lowest BCUT2D eigenvalue weighted by molar-refractivity contribution is 0.0926. The molecule has 1 fully saturated rings. The zero-order valence-electron chi connectivity index (χ0n) is 16.0. The first kappa shape index (κ1) is 18.1. The highest BCUT2D eigenvalue weighted by atomic mass is 16.1. The van der Waals surface area contributed by atoms with Crippen molar-refractivity contribution in [3.05, 3.63) is 60.3 Å². The van der Waals surface area contributed by atoms with Gasteiger partial charge in [0.15, 0.2) is 0 Å². The van der Waals surface area contributed by atoms with Crippen LogP contribution in [0.1, 0.15) is 42.2 Å². The van der Waals surface area contributed by atoms with Crippen LogP contribution in [0.5, 0.6) is 0 Å². The molecule has 1 amide bonds. The van der Waals surface area contributed by atoms with Crippen LogP contribution >= 0.6 is 0 Å². The molecule has 0 bridgehead atoms. The van der Waals surface area contributed by atoms with Crippen LogP contribution in [0, 0.1) is 6.92 Å². The minimum atomic E-state index is -0.293. The Hall–Kier alpha value is -3.29. The molecule has 0 radical (unpaired) electrons. The van der Waals surface area contributed by atoms with Gasteiger partial charge in [-0.25, -0.2) is 4.98 Å². The van der Waals surface area contributed by atoms with Crippen LogP contribution < -0.4 is 10.6 Å². The van der Waals surface area contributed by atoms with E-state index in [-0.39, 0.29) is 17.5 Å². The summed E-state index contributed by atoms with van der Waals surface area (Å²) >= 11 is 0. The van der Waals surface area contributed by atoms with E-state index in [9.17, 15) is 4.79 Å². The van der Waals surface area contributed by atoms with Gasteiger partial charge in [0.25, 0.3) is 5.91 Å². The summed E-state index contributed by atoms with van der Waals surface area (Å²) < 4.78 is 0. The lowest BCUT2D eigenvalue weighted by Gasteiger charge is -2.33.